The minimum Gasteiger partial charge on any atom is -0.493 e. The average Bonchev–Trinajstić information content (AvgIpc) is 2.67. The molecular formula is C16H23BO6. The molecule has 0 amide bonds. The van der Waals surface area contributed by atoms with Crippen molar-refractivity contribution in [3.05, 3.63) is 18.2 Å². The van der Waals surface area contributed by atoms with Crippen LogP contribution in [0.2, 0.25) is 0 Å². The Bertz CT molecular complexity index is 568. The van der Waals surface area contributed by atoms with Gasteiger partial charge in [-0.3, -0.25) is 4.79 Å². The van der Waals surface area contributed by atoms with Gasteiger partial charge in [-0.1, -0.05) is 6.07 Å². The number of hydrogen-bond acceptors (Lipinski definition) is 5. The van der Waals surface area contributed by atoms with Gasteiger partial charge in [-0.05, 0) is 45.3 Å². The van der Waals surface area contributed by atoms with Gasteiger partial charge in [0.05, 0.1) is 31.3 Å². The standard InChI is InChI=1S/C16H23BO6/c1-15(2)16(3,4)23-17(22-15)11-6-7-12(13(10-11)20-5)21-9-8-14(18)19/h6-7,10H,8-9H2,1-5H3,(H,18,19). The number of hydrogen-bond donors (Lipinski definition) is 1. The molecule has 1 N–H and O–H groups in total. The number of carboxylic acids is 1. The Morgan fingerprint density at radius 3 is 2.30 bits per heavy atom. The molecule has 23 heavy (non-hydrogen) atoms. The molecule has 1 aliphatic rings. The van der Waals surface area contributed by atoms with E-state index in [1.165, 1.54) is 7.11 Å². The van der Waals surface area contributed by atoms with Gasteiger partial charge >= 0.3 is 13.1 Å². The van der Waals surface area contributed by atoms with Crippen LogP contribution >= 0.6 is 0 Å². The summed E-state index contributed by atoms with van der Waals surface area (Å²) in [4.78, 5) is 10.5. The molecule has 0 atom stereocenters. The maximum atomic E-state index is 10.5. The van der Waals surface area contributed by atoms with Gasteiger partial charge in [-0.25, -0.2) is 0 Å². The Balaban J connectivity index is 2.15. The number of ether oxygens (including phenoxy) is 2. The number of aliphatic carboxylic acids is 1. The lowest BCUT2D eigenvalue weighted by molar-refractivity contribution is -0.137. The van der Waals surface area contributed by atoms with Crippen LogP contribution in [0.25, 0.3) is 0 Å². The van der Waals surface area contributed by atoms with Crippen LogP contribution in [0.3, 0.4) is 0 Å². The molecule has 1 fully saturated rings. The first-order chi connectivity index (χ1) is 10.7. The van der Waals surface area contributed by atoms with E-state index in [1.54, 1.807) is 12.1 Å². The van der Waals surface area contributed by atoms with E-state index in [4.69, 9.17) is 23.9 Å². The van der Waals surface area contributed by atoms with Crippen LogP contribution in [-0.4, -0.2) is 43.1 Å². The summed E-state index contributed by atoms with van der Waals surface area (Å²) in [5, 5.41) is 8.66. The second kappa shape index (κ2) is 6.41. The van der Waals surface area contributed by atoms with Gasteiger partial charge in [0.15, 0.2) is 11.5 Å². The Kier molecular flexibility index (Phi) is 4.91. The molecular weight excluding hydrogens is 299 g/mol. The summed E-state index contributed by atoms with van der Waals surface area (Å²) in [6.07, 6.45) is -0.0673. The Hall–Kier alpha value is -1.73. The Labute approximate surface area is 136 Å². The van der Waals surface area contributed by atoms with Crippen LogP contribution in [0.1, 0.15) is 34.1 Å². The zero-order valence-electron chi connectivity index (χ0n) is 14.2. The molecule has 1 saturated heterocycles. The van der Waals surface area contributed by atoms with Crippen LogP contribution in [0.15, 0.2) is 18.2 Å². The molecule has 1 aliphatic heterocycles. The summed E-state index contributed by atoms with van der Waals surface area (Å²) in [6, 6.07) is 5.36. The third-order valence-corrected chi connectivity index (χ3v) is 4.29. The minimum absolute atomic E-state index is 0.0673. The van der Waals surface area contributed by atoms with Crippen LogP contribution in [0.4, 0.5) is 0 Å². The summed E-state index contributed by atoms with van der Waals surface area (Å²) < 4.78 is 22.8. The van der Waals surface area contributed by atoms with Gasteiger partial charge in [0.2, 0.25) is 0 Å². The SMILES string of the molecule is COc1cc(B2OC(C)(C)C(C)(C)O2)ccc1OCCC(=O)O. The topological polar surface area (TPSA) is 74.2 Å². The summed E-state index contributed by atoms with van der Waals surface area (Å²) >= 11 is 0. The number of carboxylic acid groups (broad SMARTS) is 1. The highest BCUT2D eigenvalue weighted by Gasteiger charge is 2.51. The molecule has 0 saturated carbocycles. The molecule has 2 rings (SSSR count). The third kappa shape index (κ3) is 3.79. The fraction of sp³-hybridized carbons (Fsp3) is 0.562. The van der Waals surface area contributed by atoms with Gasteiger partial charge in [0, 0.05) is 0 Å². The molecule has 0 unspecified atom stereocenters. The second-order valence-corrected chi connectivity index (χ2v) is 6.49. The van der Waals surface area contributed by atoms with Gasteiger partial charge in [0.25, 0.3) is 0 Å². The largest absolute Gasteiger partial charge is 0.494 e. The van der Waals surface area contributed by atoms with Crippen LogP contribution in [-0.2, 0) is 14.1 Å². The quantitative estimate of drug-likeness (QED) is 0.806. The van der Waals surface area contributed by atoms with Crippen molar-refractivity contribution in [2.45, 2.75) is 45.3 Å². The first kappa shape index (κ1) is 17.6. The zero-order chi connectivity index (χ0) is 17.3. The van der Waals surface area contributed by atoms with E-state index in [0.717, 1.165) is 5.46 Å². The predicted octanol–water partition coefficient (Wildman–Crippen LogP) is 1.85. The highest BCUT2D eigenvalue weighted by atomic mass is 16.7. The molecule has 0 aliphatic carbocycles. The minimum atomic E-state index is -0.905. The molecule has 1 heterocycles. The van der Waals surface area contributed by atoms with Crippen molar-refractivity contribution in [3.8, 4) is 11.5 Å². The Morgan fingerprint density at radius 1 is 1.17 bits per heavy atom. The van der Waals surface area contributed by atoms with Crippen molar-refractivity contribution >= 4 is 18.6 Å². The van der Waals surface area contributed by atoms with E-state index < -0.39 is 24.3 Å². The van der Waals surface area contributed by atoms with E-state index >= 15 is 0 Å². The number of carbonyl (C=O) groups is 1. The zero-order valence-corrected chi connectivity index (χ0v) is 14.2. The van der Waals surface area contributed by atoms with Crippen molar-refractivity contribution in [2.24, 2.45) is 0 Å². The summed E-state index contributed by atoms with van der Waals surface area (Å²) in [5.74, 6) is 0.106. The molecule has 0 aromatic heterocycles. The first-order valence-electron chi connectivity index (χ1n) is 7.54. The van der Waals surface area contributed by atoms with Crippen LogP contribution in [0.5, 0.6) is 11.5 Å². The van der Waals surface area contributed by atoms with Crippen molar-refractivity contribution in [3.63, 3.8) is 0 Å². The lowest BCUT2D eigenvalue weighted by Crippen LogP contribution is -2.41. The Morgan fingerprint density at radius 2 is 1.78 bits per heavy atom. The number of methoxy groups -OCH3 is 1. The third-order valence-electron chi connectivity index (χ3n) is 4.29. The summed E-state index contributed by atoms with van der Waals surface area (Å²) in [5.41, 5.74) is -0.00516. The normalized spacial score (nSPS) is 18.7. The molecule has 0 bridgehead atoms. The number of benzene rings is 1. The van der Waals surface area contributed by atoms with Gasteiger partial charge in [-0.15, -0.1) is 0 Å². The molecule has 126 valence electrons. The second-order valence-electron chi connectivity index (χ2n) is 6.49. The number of rotatable bonds is 6. The van der Waals surface area contributed by atoms with Crippen molar-refractivity contribution in [1.82, 2.24) is 0 Å². The monoisotopic (exact) mass is 322 g/mol. The molecule has 7 heteroatoms. The van der Waals surface area contributed by atoms with Crippen molar-refractivity contribution in [2.75, 3.05) is 13.7 Å². The fourth-order valence-corrected chi connectivity index (χ4v) is 2.18. The molecule has 1 aromatic rings. The lowest BCUT2D eigenvalue weighted by atomic mass is 9.79. The van der Waals surface area contributed by atoms with E-state index in [2.05, 4.69) is 0 Å². The highest BCUT2D eigenvalue weighted by molar-refractivity contribution is 6.62. The van der Waals surface area contributed by atoms with Gasteiger partial charge in [0.1, 0.15) is 0 Å². The average molecular weight is 322 g/mol. The van der Waals surface area contributed by atoms with E-state index in [0.29, 0.717) is 11.5 Å². The van der Waals surface area contributed by atoms with E-state index in [1.807, 2.05) is 33.8 Å². The molecule has 6 nitrogen and oxygen atoms in total. The van der Waals surface area contributed by atoms with Crippen molar-refractivity contribution in [1.29, 1.82) is 0 Å². The van der Waals surface area contributed by atoms with Gasteiger partial charge < -0.3 is 23.9 Å². The summed E-state index contributed by atoms with van der Waals surface area (Å²) in [6.45, 7) is 8.06. The van der Waals surface area contributed by atoms with Gasteiger partial charge in [-0.2, -0.15) is 0 Å². The highest BCUT2D eigenvalue weighted by Crippen LogP contribution is 2.37. The van der Waals surface area contributed by atoms with E-state index in [-0.39, 0.29) is 13.0 Å². The molecule has 1 aromatic carbocycles. The lowest BCUT2D eigenvalue weighted by Gasteiger charge is -2.32. The predicted molar refractivity (Wildman–Crippen MR) is 86.5 cm³/mol. The van der Waals surface area contributed by atoms with Crippen LogP contribution in [0, 0.1) is 0 Å². The summed E-state index contributed by atoms with van der Waals surface area (Å²) in [7, 11) is 1.05. The van der Waals surface area contributed by atoms with Crippen LogP contribution < -0.4 is 14.9 Å². The molecule has 0 spiro atoms. The van der Waals surface area contributed by atoms with Crippen molar-refractivity contribution < 1.29 is 28.7 Å². The smallest absolute Gasteiger partial charge is 0.493 e. The fourth-order valence-electron chi connectivity index (χ4n) is 2.18. The molecule has 0 radical (unpaired) electrons. The maximum absolute atomic E-state index is 10.5. The first-order valence-corrected chi connectivity index (χ1v) is 7.54. The van der Waals surface area contributed by atoms with E-state index in [9.17, 15) is 4.79 Å². The maximum Gasteiger partial charge on any atom is 0.494 e.